The molecule has 0 aromatic carbocycles. The number of rotatable bonds is 18. The molecular formula is C28H50B2O. The fourth-order valence-electron chi connectivity index (χ4n) is 4.77. The Labute approximate surface area is 196 Å². The van der Waals surface area contributed by atoms with Gasteiger partial charge >= 0.3 is 182 Å². The van der Waals surface area contributed by atoms with Crippen molar-refractivity contribution in [2.75, 3.05) is 0 Å². The van der Waals surface area contributed by atoms with Crippen LogP contribution in [0.5, 0.6) is 0 Å². The van der Waals surface area contributed by atoms with Crippen LogP contribution in [0.3, 0.4) is 0 Å². The van der Waals surface area contributed by atoms with E-state index in [0.717, 1.165) is 25.6 Å². The monoisotopic (exact) mass is 424 g/mol. The van der Waals surface area contributed by atoms with E-state index in [9.17, 15) is 4.79 Å². The summed E-state index contributed by atoms with van der Waals surface area (Å²) < 4.78 is 0. The number of carbonyl (C=O) groups excluding carboxylic acids is 1. The van der Waals surface area contributed by atoms with E-state index in [2.05, 4.69) is 66.4 Å². The zero-order valence-electron chi connectivity index (χ0n) is 21.8. The zero-order valence-corrected chi connectivity index (χ0v) is 21.8. The van der Waals surface area contributed by atoms with Crippen molar-refractivity contribution in [2.45, 2.75) is 131 Å². The van der Waals surface area contributed by atoms with Crippen molar-refractivity contribution >= 4 is 19.9 Å². The molecule has 0 amide bonds. The second-order valence-corrected chi connectivity index (χ2v) is 10.6. The minimum atomic E-state index is -0.127. The molecule has 1 aromatic rings. The Hall–Kier alpha value is -0.850. The van der Waals surface area contributed by atoms with Gasteiger partial charge < -0.3 is 0 Å². The summed E-state index contributed by atoms with van der Waals surface area (Å²) in [5, 5.41) is 0. The van der Waals surface area contributed by atoms with Gasteiger partial charge in [-0.2, -0.15) is 0 Å². The van der Waals surface area contributed by atoms with Crippen molar-refractivity contribution in [3.05, 3.63) is 29.1 Å². The van der Waals surface area contributed by atoms with Gasteiger partial charge in [-0.05, 0) is 0 Å². The van der Waals surface area contributed by atoms with Crippen LogP contribution in [0.25, 0.3) is 0 Å². The van der Waals surface area contributed by atoms with Gasteiger partial charge in [0.2, 0.25) is 0 Å². The summed E-state index contributed by atoms with van der Waals surface area (Å²) in [7, 11) is 0.698. The van der Waals surface area contributed by atoms with Gasteiger partial charge in [-0.25, -0.2) is 0 Å². The molecule has 3 heteroatoms. The zero-order chi connectivity index (χ0) is 23.2. The Balaban J connectivity index is 2.81. The molecule has 0 aliphatic rings. The third-order valence-electron chi connectivity index (χ3n) is 7.90. The summed E-state index contributed by atoms with van der Waals surface area (Å²) in [6.45, 7) is 16.0. The molecule has 0 radical (unpaired) electrons. The van der Waals surface area contributed by atoms with Crippen molar-refractivity contribution < 1.29 is 4.79 Å². The quantitative estimate of drug-likeness (QED) is 0.174. The maximum atomic E-state index is 13.5. The van der Waals surface area contributed by atoms with Crippen LogP contribution in [-0.4, -0.2) is 19.9 Å². The summed E-state index contributed by atoms with van der Waals surface area (Å²) in [5.41, 5.74) is 3.58. The molecule has 0 N–H and O–H groups in total. The van der Waals surface area contributed by atoms with Crippen molar-refractivity contribution in [2.24, 2.45) is 10.8 Å². The summed E-state index contributed by atoms with van der Waals surface area (Å²) in [5.74, 6) is 4.44. The van der Waals surface area contributed by atoms with Gasteiger partial charge in [0, 0.05) is 0 Å². The SMILES string of the molecule is CCCCCCC(C)(CCCCCC)C(=O)BCc1ccbcc1CC(C)(CC)CC. The van der Waals surface area contributed by atoms with E-state index in [1.807, 2.05) is 0 Å². The normalized spacial score (nSPS) is 12.1. The van der Waals surface area contributed by atoms with E-state index in [-0.39, 0.29) is 5.41 Å². The van der Waals surface area contributed by atoms with Gasteiger partial charge in [0.05, 0.1) is 0 Å². The fraction of sp³-hybridized carbons (Fsp3) is 0.786. The maximum absolute atomic E-state index is 13.5. The molecule has 0 aliphatic heterocycles. The van der Waals surface area contributed by atoms with Crippen LogP contribution < -0.4 is 0 Å². The minimum absolute atomic E-state index is 0.127. The number of hydrogen-bond acceptors (Lipinski definition) is 1. The molecule has 174 valence electrons. The van der Waals surface area contributed by atoms with Crippen molar-refractivity contribution in [1.29, 1.82) is 0 Å². The van der Waals surface area contributed by atoms with Gasteiger partial charge in [-0.15, -0.1) is 0 Å². The molecule has 1 aromatic heterocycles. The molecular weight excluding hydrogens is 374 g/mol. The van der Waals surface area contributed by atoms with Crippen LogP contribution in [0.4, 0.5) is 0 Å². The summed E-state index contributed by atoms with van der Waals surface area (Å²) in [4.78, 5) is 13.5. The molecule has 0 saturated heterocycles. The van der Waals surface area contributed by atoms with Crippen molar-refractivity contribution in [3.63, 3.8) is 0 Å². The molecule has 0 spiro atoms. The Morgan fingerprint density at radius 1 is 0.871 bits per heavy atom. The number of carbonyl (C=O) groups is 1. The molecule has 1 nitrogen and oxygen atoms in total. The van der Waals surface area contributed by atoms with E-state index in [4.69, 9.17) is 0 Å². The molecule has 0 atom stereocenters. The van der Waals surface area contributed by atoms with E-state index < -0.39 is 0 Å². The van der Waals surface area contributed by atoms with Crippen LogP contribution in [0.15, 0.2) is 18.0 Å². The Morgan fingerprint density at radius 3 is 1.97 bits per heavy atom. The summed E-state index contributed by atoms with van der Waals surface area (Å²) >= 11 is 0. The van der Waals surface area contributed by atoms with Crippen LogP contribution in [0.2, 0.25) is 0 Å². The third kappa shape index (κ3) is 10.1. The fourth-order valence-corrected chi connectivity index (χ4v) is 4.77. The topological polar surface area (TPSA) is 17.1 Å². The number of hydrogen-bond donors (Lipinski definition) is 0. The molecule has 0 saturated carbocycles. The molecule has 0 unspecified atom stereocenters. The van der Waals surface area contributed by atoms with E-state index in [1.165, 1.54) is 75.3 Å². The van der Waals surface area contributed by atoms with Gasteiger partial charge in [-0.3, -0.25) is 0 Å². The van der Waals surface area contributed by atoms with Crippen LogP contribution in [0, 0.1) is 10.8 Å². The molecule has 0 bridgehead atoms. The second-order valence-electron chi connectivity index (χ2n) is 10.6. The summed E-state index contributed by atoms with van der Waals surface area (Å²) in [6.07, 6.45) is 16.6. The Kier molecular flexibility index (Phi) is 13.7. The molecule has 0 fully saturated rings. The van der Waals surface area contributed by atoms with Gasteiger partial charge in [0.25, 0.3) is 0 Å². The Morgan fingerprint density at radius 2 is 1.45 bits per heavy atom. The van der Waals surface area contributed by atoms with Crippen molar-refractivity contribution in [1.82, 2.24) is 0 Å². The third-order valence-corrected chi connectivity index (χ3v) is 7.90. The first kappa shape index (κ1) is 28.2. The van der Waals surface area contributed by atoms with E-state index >= 15 is 0 Å². The second kappa shape index (κ2) is 15.1. The predicted molar refractivity (Wildman–Crippen MR) is 142 cm³/mol. The average Bonchev–Trinajstić information content (AvgIpc) is 2.78. The standard InChI is InChI=1S/C28H50B2O/c1-7-11-13-15-18-28(6,19-16-14-12-8-2)26(31)30-23-24-17-20-29-22-25(24)21-27(5,9-3)10-4/h17,20,22,30H,7-16,18-19,21,23H2,1-6H3. The van der Waals surface area contributed by atoms with Gasteiger partial charge in [0.15, 0.2) is 0 Å². The van der Waals surface area contributed by atoms with Gasteiger partial charge in [-0.1, -0.05) is 13.8 Å². The van der Waals surface area contributed by atoms with E-state index in [1.54, 1.807) is 0 Å². The van der Waals surface area contributed by atoms with Crippen molar-refractivity contribution in [3.8, 4) is 0 Å². The Bertz CT molecular complexity index is 609. The average molecular weight is 424 g/mol. The van der Waals surface area contributed by atoms with E-state index in [0.29, 0.717) is 18.4 Å². The molecule has 1 rings (SSSR count). The van der Waals surface area contributed by atoms with Crippen LogP contribution in [0.1, 0.15) is 130 Å². The molecule has 1 heterocycles. The first-order chi connectivity index (χ1) is 14.8. The predicted octanol–water partition coefficient (Wildman–Crippen LogP) is 7.80. The first-order valence-corrected chi connectivity index (χ1v) is 13.4. The van der Waals surface area contributed by atoms with Crippen LogP contribution in [-0.2, 0) is 17.5 Å². The van der Waals surface area contributed by atoms with Crippen LogP contribution >= 0.6 is 0 Å². The molecule has 31 heavy (non-hydrogen) atoms. The first-order valence-electron chi connectivity index (χ1n) is 13.4. The van der Waals surface area contributed by atoms with Gasteiger partial charge in [0.1, 0.15) is 0 Å². The summed E-state index contributed by atoms with van der Waals surface area (Å²) in [6, 6.07) is 2.26. The number of unbranched alkanes of at least 4 members (excludes halogenated alkanes) is 6. The molecule has 0 aliphatic carbocycles.